The minimum atomic E-state index is -4.01. The molecule has 0 unspecified atom stereocenters. The van der Waals surface area contributed by atoms with Gasteiger partial charge in [-0.1, -0.05) is 29.3 Å². The van der Waals surface area contributed by atoms with Gasteiger partial charge in [0.05, 0.1) is 16.8 Å². The number of rotatable bonds is 7. The van der Waals surface area contributed by atoms with E-state index < -0.39 is 22.5 Å². The lowest BCUT2D eigenvalue weighted by Gasteiger charge is -2.25. The van der Waals surface area contributed by atoms with Gasteiger partial charge in [-0.3, -0.25) is 14.1 Å². The molecule has 9 heteroatoms. The molecule has 3 aromatic rings. The maximum atomic E-state index is 13.4. The van der Waals surface area contributed by atoms with Crippen LogP contribution in [-0.2, 0) is 14.8 Å². The first-order valence-electron chi connectivity index (χ1n) is 9.35. The molecule has 0 spiro atoms. The van der Waals surface area contributed by atoms with Crippen LogP contribution in [0.5, 0.6) is 0 Å². The molecule has 0 radical (unpaired) electrons. The molecule has 2 aromatic carbocycles. The van der Waals surface area contributed by atoms with Gasteiger partial charge in [0.1, 0.15) is 6.54 Å². The Labute approximate surface area is 186 Å². The minimum absolute atomic E-state index is 0.0838. The highest BCUT2D eigenvalue weighted by atomic mass is 35.5. The number of hydrogen-bond donors (Lipinski definition) is 1. The van der Waals surface area contributed by atoms with E-state index in [0.717, 1.165) is 15.4 Å². The Kier molecular flexibility index (Phi) is 7.04. The summed E-state index contributed by atoms with van der Waals surface area (Å²) in [5, 5.41) is 4.37. The van der Waals surface area contributed by atoms with Crippen molar-refractivity contribution in [2.24, 2.45) is 5.10 Å². The largest absolute Gasteiger partial charge is 0.271 e. The van der Waals surface area contributed by atoms with E-state index in [9.17, 15) is 13.2 Å². The number of halogens is 1. The molecular weight excluding hydrogens is 436 g/mol. The van der Waals surface area contributed by atoms with Gasteiger partial charge in [0.15, 0.2) is 0 Å². The van der Waals surface area contributed by atoms with Gasteiger partial charge in [-0.05, 0) is 67.4 Å². The number of aromatic nitrogens is 1. The number of aryl methyl sites for hydroxylation is 2. The first-order chi connectivity index (χ1) is 14.8. The van der Waals surface area contributed by atoms with Crippen molar-refractivity contribution in [2.45, 2.75) is 18.7 Å². The van der Waals surface area contributed by atoms with Gasteiger partial charge in [-0.2, -0.15) is 5.10 Å². The number of amides is 1. The molecule has 160 valence electrons. The van der Waals surface area contributed by atoms with Crippen molar-refractivity contribution in [1.29, 1.82) is 0 Å². The van der Waals surface area contributed by atoms with Crippen LogP contribution in [-0.4, -0.2) is 32.1 Å². The SMILES string of the molecule is Cc1ccc(S(=O)(=O)N(CC(=O)N/N=C\c2ccncc2)c2ccc(Cl)cc2C)cc1. The van der Waals surface area contributed by atoms with Crippen LogP contribution in [0.1, 0.15) is 16.7 Å². The molecule has 0 bridgehead atoms. The zero-order valence-corrected chi connectivity index (χ0v) is 18.6. The molecule has 7 nitrogen and oxygen atoms in total. The minimum Gasteiger partial charge on any atom is -0.271 e. The second-order valence-corrected chi connectivity index (χ2v) is 9.13. The molecular formula is C22H21ClN4O3S. The maximum absolute atomic E-state index is 13.4. The highest BCUT2D eigenvalue weighted by Gasteiger charge is 2.28. The molecule has 0 saturated carbocycles. The van der Waals surface area contributed by atoms with E-state index in [2.05, 4.69) is 15.5 Å². The van der Waals surface area contributed by atoms with E-state index in [1.807, 2.05) is 6.92 Å². The molecule has 0 atom stereocenters. The van der Waals surface area contributed by atoms with Crippen LogP contribution in [0.4, 0.5) is 5.69 Å². The van der Waals surface area contributed by atoms with E-state index in [1.54, 1.807) is 61.8 Å². The Morgan fingerprint density at radius 1 is 1.10 bits per heavy atom. The molecule has 0 saturated heterocycles. The Bertz CT molecular complexity index is 1200. The second-order valence-electron chi connectivity index (χ2n) is 6.83. The molecule has 3 rings (SSSR count). The fourth-order valence-corrected chi connectivity index (χ4v) is 4.54. The number of carbonyl (C=O) groups is 1. The van der Waals surface area contributed by atoms with E-state index in [1.165, 1.54) is 18.3 Å². The van der Waals surface area contributed by atoms with Crippen molar-refractivity contribution in [1.82, 2.24) is 10.4 Å². The smallest absolute Gasteiger partial charge is 0.264 e. The van der Waals surface area contributed by atoms with Crippen molar-refractivity contribution >= 4 is 39.4 Å². The quantitative estimate of drug-likeness (QED) is 0.433. The van der Waals surface area contributed by atoms with E-state index in [0.29, 0.717) is 16.3 Å². The van der Waals surface area contributed by atoms with Crippen molar-refractivity contribution in [3.8, 4) is 0 Å². The third kappa shape index (κ3) is 5.68. The molecule has 0 aliphatic heterocycles. The summed E-state index contributed by atoms with van der Waals surface area (Å²) in [4.78, 5) is 16.5. The molecule has 0 fully saturated rings. The summed E-state index contributed by atoms with van der Waals surface area (Å²) in [5.41, 5.74) is 5.02. The van der Waals surface area contributed by atoms with Gasteiger partial charge < -0.3 is 0 Å². The Morgan fingerprint density at radius 2 is 1.77 bits per heavy atom. The zero-order valence-electron chi connectivity index (χ0n) is 17.0. The molecule has 1 aromatic heterocycles. The topological polar surface area (TPSA) is 91.7 Å². The monoisotopic (exact) mass is 456 g/mol. The van der Waals surface area contributed by atoms with Crippen LogP contribution in [0.25, 0.3) is 0 Å². The molecule has 0 aliphatic rings. The lowest BCUT2D eigenvalue weighted by Crippen LogP contribution is -2.40. The predicted octanol–water partition coefficient (Wildman–Crippen LogP) is 3.70. The average Bonchev–Trinajstić information content (AvgIpc) is 2.73. The summed E-state index contributed by atoms with van der Waals surface area (Å²) in [5.74, 6) is -0.588. The molecule has 0 aliphatic carbocycles. The normalized spacial score (nSPS) is 11.5. The number of carbonyl (C=O) groups excluding carboxylic acids is 1. The number of nitrogens with one attached hydrogen (secondary N) is 1. The van der Waals surface area contributed by atoms with Crippen LogP contribution in [0.2, 0.25) is 5.02 Å². The van der Waals surface area contributed by atoms with Gasteiger partial charge in [-0.15, -0.1) is 0 Å². The van der Waals surface area contributed by atoms with Crippen molar-refractivity contribution in [2.75, 3.05) is 10.8 Å². The maximum Gasteiger partial charge on any atom is 0.264 e. The third-order valence-corrected chi connectivity index (χ3v) is 6.44. The van der Waals surface area contributed by atoms with E-state index in [-0.39, 0.29) is 4.90 Å². The number of sulfonamides is 1. The van der Waals surface area contributed by atoms with Crippen LogP contribution < -0.4 is 9.73 Å². The van der Waals surface area contributed by atoms with Crippen molar-refractivity contribution in [3.05, 3.63) is 88.7 Å². The first kappa shape index (κ1) is 22.5. The second kappa shape index (κ2) is 9.72. The summed E-state index contributed by atoms with van der Waals surface area (Å²) in [6.07, 6.45) is 4.65. The van der Waals surface area contributed by atoms with Crippen LogP contribution in [0, 0.1) is 13.8 Å². The molecule has 31 heavy (non-hydrogen) atoms. The van der Waals surface area contributed by atoms with Gasteiger partial charge in [0, 0.05) is 17.4 Å². The summed E-state index contributed by atoms with van der Waals surface area (Å²) in [6.45, 7) is 3.15. The number of nitrogens with zero attached hydrogens (tertiary/aromatic N) is 3. The van der Waals surface area contributed by atoms with Crippen LogP contribution in [0.15, 0.2) is 77.0 Å². The number of pyridine rings is 1. The highest BCUT2D eigenvalue weighted by molar-refractivity contribution is 7.92. The van der Waals surface area contributed by atoms with Crippen LogP contribution >= 0.6 is 11.6 Å². The summed E-state index contributed by atoms with van der Waals surface area (Å²) in [6, 6.07) is 14.7. The van der Waals surface area contributed by atoms with E-state index in [4.69, 9.17) is 11.6 Å². The number of anilines is 1. The van der Waals surface area contributed by atoms with E-state index >= 15 is 0 Å². The number of hydrogen-bond acceptors (Lipinski definition) is 5. The van der Waals surface area contributed by atoms with Gasteiger partial charge >= 0.3 is 0 Å². The molecule has 1 amide bonds. The Hall–Kier alpha value is -3.23. The Balaban J connectivity index is 1.89. The summed E-state index contributed by atoms with van der Waals surface area (Å²) in [7, 11) is -4.01. The van der Waals surface area contributed by atoms with Crippen LogP contribution in [0.3, 0.4) is 0 Å². The molecule has 1 heterocycles. The third-order valence-electron chi connectivity index (χ3n) is 4.43. The predicted molar refractivity (Wildman–Crippen MR) is 122 cm³/mol. The number of hydrazone groups is 1. The zero-order chi connectivity index (χ0) is 22.4. The standard InChI is InChI=1S/C22H21ClN4O3S/c1-16-3-6-20(7-4-16)31(29,30)27(21-8-5-19(23)13-17(21)2)15-22(28)26-25-14-18-9-11-24-12-10-18/h3-14H,15H2,1-2H3,(H,26,28)/b25-14-. The first-order valence-corrected chi connectivity index (χ1v) is 11.2. The lowest BCUT2D eigenvalue weighted by molar-refractivity contribution is -0.119. The van der Waals surface area contributed by atoms with Gasteiger partial charge in [-0.25, -0.2) is 13.8 Å². The van der Waals surface area contributed by atoms with Gasteiger partial charge in [0.25, 0.3) is 15.9 Å². The highest BCUT2D eigenvalue weighted by Crippen LogP contribution is 2.28. The van der Waals surface area contributed by atoms with Gasteiger partial charge in [0.2, 0.25) is 0 Å². The summed E-state index contributed by atoms with van der Waals surface area (Å²) >= 11 is 6.03. The Morgan fingerprint density at radius 3 is 2.42 bits per heavy atom. The lowest BCUT2D eigenvalue weighted by atomic mass is 10.2. The fraction of sp³-hybridized carbons (Fsp3) is 0.136. The number of benzene rings is 2. The van der Waals surface area contributed by atoms with Crippen molar-refractivity contribution < 1.29 is 13.2 Å². The summed E-state index contributed by atoms with van der Waals surface area (Å²) < 4.78 is 27.8. The molecule has 1 N–H and O–H groups in total. The van der Waals surface area contributed by atoms with Crippen molar-refractivity contribution in [3.63, 3.8) is 0 Å². The fourth-order valence-electron chi connectivity index (χ4n) is 2.83. The average molecular weight is 457 g/mol.